The molecule has 4 nitrogen and oxygen atoms in total. The zero-order valence-corrected chi connectivity index (χ0v) is 10.6. The van der Waals surface area contributed by atoms with Gasteiger partial charge in [-0.05, 0) is 35.1 Å². The Hall–Kier alpha value is -0.690. The van der Waals surface area contributed by atoms with Gasteiger partial charge >= 0.3 is 0 Å². The fourth-order valence-corrected chi connectivity index (χ4v) is 1.58. The smallest absolute Gasteiger partial charge is 0.253 e. The van der Waals surface area contributed by atoms with E-state index in [0.717, 1.165) is 3.57 Å². The third kappa shape index (κ3) is 3.75. The quantitative estimate of drug-likeness (QED) is 0.819. The summed E-state index contributed by atoms with van der Waals surface area (Å²) in [6.45, 7) is 1.87. The summed E-state index contributed by atoms with van der Waals surface area (Å²) in [5.41, 5.74) is 0.522. The van der Waals surface area contributed by atoms with Gasteiger partial charge < -0.3 is 10.4 Å². The van der Waals surface area contributed by atoms with Crippen molar-refractivity contribution in [2.45, 2.75) is 19.4 Å². The van der Waals surface area contributed by atoms with Crippen LogP contribution in [0.3, 0.4) is 0 Å². The van der Waals surface area contributed by atoms with Crippen LogP contribution in [0.4, 0.5) is 0 Å². The number of aromatic nitrogens is 1. The maximum atomic E-state index is 11.7. The minimum absolute atomic E-state index is 0.0421. The predicted molar refractivity (Wildman–Crippen MR) is 65.6 cm³/mol. The number of hydrogen-bond donors (Lipinski definition) is 2. The zero-order valence-electron chi connectivity index (χ0n) is 8.40. The molecule has 0 aliphatic carbocycles. The van der Waals surface area contributed by atoms with Crippen molar-refractivity contribution in [3.63, 3.8) is 0 Å². The van der Waals surface area contributed by atoms with Gasteiger partial charge in [0.2, 0.25) is 0 Å². The molecule has 0 fully saturated rings. The average Bonchev–Trinajstić information content (AvgIpc) is 2.25. The molecule has 5 heteroatoms. The monoisotopic (exact) mass is 320 g/mol. The van der Waals surface area contributed by atoms with E-state index in [1.54, 1.807) is 12.3 Å². The molecule has 0 bridgehead atoms. The molecule has 1 heterocycles. The van der Waals surface area contributed by atoms with Gasteiger partial charge in [-0.3, -0.25) is 9.78 Å². The lowest BCUT2D eigenvalue weighted by Gasteiger charge is -2.13. The highest BCUT2D eigenvalue weighted by Crippen LogP contribution is 2.05. The minimum Gasteiger partial charge on any atom is -0.394 e. The standard InChI is InChI=1S/C10H13IN2O2/c1-2-9(6-14)13-10(15)7-3-8(11)5-12-4-7/h3-5,9,14H,2,6H2,1H3,(H,13,15). The lowest BCUT2D eigenvalue weighted by molar-refractivity contribution is 0.0914. The van der Waals surface area contributed by atoms with Gasteiger partial charge in [-0.1, -0.05) is 6.92 Å². The first kappa shape index (κ1) is 12.4. The molecule has 0 radical (unpaired) electrons. The number of pyridine rings is 1. The Morgan fingerprint density at radius 3 is 2.93 bits per heavy atom. The Morgan fingerprint density at radius 2 is 2.40 bits per heavy atom. The van der Waals surface area contributed by atoms with Gasteiger partial charge in [-0.15, -0.1) is 0 Å². The summed E-state index contributed by atoms with van der Waals surface area (Å²) in [6.07, 6.45) is 3.90. The van der Waals surface area contributed by atoms with E-state index in [2.05, 4.69) is 32.9 Å². The van der Waals surface area contributed by atoms with Crippen LogP contribution in [-0.2, 0) is 0 Å². The van der Waals surface area contributed by atoms with Crippen LogP contribution >= 0.6 is 22.6 Å². The number of rotatable bonds is 4. The number of aliphatic hydroxyl groups excluding tert-OH is 1. The highest BCUT2D eigenvalue weighted by Gasteiger charge is 2.11. The van der Waals surface area contributed by atoms with Crippen molar-refractivity contribution >= 4 is 28.5 Å². The molecule has 1 aromatic heterocycles. The second-order valence-electron chi connectivity index (χ2n) is 3.15. The molecule has 1 amide bonds. The molecule has 0 aliphatic heterocycles. The van der Waals surface area contributed by atoms with E-state index in [1.807, 2.05) is 6.92 Å². The number of nitrogens with one attached hydrogen (secondary N) is 1. The molecular weight excluding hydrogens is 307 g/mol. The van der Waals surface area contributed by atoms with Gasteiger partial charge in [-0.2, -0.15) is 0 Å². The van der Waals surface area contributed by atoms with Crippen LogP contribution in [0.1, 0.15) is 23.7 Å². The first-order valence-corrected chi connectivity index (χ1v) is 5.77. The van der Waals surface area contributed by atoms with Crippen molar-refractivity contribution in [3.05, 3.63) is 27.6 Å². The predicted octanol–water partition coefficient (Wildman–Crippen LogP) is 1.19. The van der Waals surface area contributed by atoms with Crippen molar-refractivity contribution in [1.29, 1.82) is 0 Å². The van der Waals surface area contributed by atoms with E-state index in [4.69, 9.17) is 5.11 Å². The maximum absolute atomic E-state index is 11.7. The molecule has 0 aromatic carbocycles. The van der Waals surface area contributed by atoms with Crippen molar-refractivity contribution in [2.75, 3.05) is 6.61 Å². The third-order valence-corrected chi connectivity index (χ3v) is 2.61. The second kappa shape index (κ2) is 6.02. The van der Waals surface area contributed by atoms with E-state index in [0.29, 0.717) is 12.0 Å². The summed E-state index contributed by atoms with van der Waals surface area (Å²) in [7, 11) is 0. The Kier molecular flexibility index (Phi) is 4.97. The van der Waals surface area contributed by atoms with Gasteiger partial charge in [0.15, 0.2) is 0 Å². The molecule has 0 saturated carbocycles. The molecule has 0 aliphatic rings. The number of hydrogen-bond acceptors (Lipinski definition) is 3. The fourth-order valence-electron chi connectivity index (χ4n) is 1.08. The summed E-state index contributed by atoms with van der Waals surface area (Å²) in [5, 5.41) is 11.7. The van der Waals surface area contributed by atoms with E-state index in [1.165, 1.54) is 6.20 Å². The fraction of sp³-hybridized carbons (Fsp3) is 0.400. The van der Waals surface area contributed by atoms with Crippen LogP contribution in [0.25, 0.3) is 0 Å². The lowest BCUT2D eigenvalue weighted by Crippen LogP contribution is -2.36. The first-order valence-electron chi connectivity index (χ1n) is 4.69. The van der Waals surface area contributed by atoms with E-state index in [9.17, 15) is 4.79 Å². The van der Waals surface area contributed by atoms with Crippen LogP contribution in [0.5, 0.6) is 0 Å². The molecule has 1 rings (SSSR count). The highest BCUT2D eigenvalue weighted by molar-refractivity contribution is 14.1. The first-order chi connectivity index (χ1) is 7.17. The van der Waals surface area contributed by atoms with E-state index >= 15 is 0 Å². The molecule has 15 heavy (non-hydrogen) atoms. The molecule has 1 unspecified atom stereocenters. The minimum atomic E-state index is -0.193. The summed E-state index contributed by atoms with van der Waals surface area (Å²) in [4.78, 5) is 15.6. The summed E-state index contributed by atoms with van der Waals surface area (Å²) in [5.74, 6) is -0.193. The van der Waals surface area contributed by atoms with Crippen molar-refractivity contribution < 1.29 is 9.90 Å². The normalized spacial score (nSPS) is 12.2. The topological polar surface area (TPSA) is 62.2 Å². The van der Waals surface area contributed by atoms with Crippen LogP contribution in [0.2, 0.25) is 0 Å². The van der Waals surface area contributed by atoms with Crippen molar-refractivity contribution in [2.24, 2.45) is 0 Å². The van der Waals surface area contributed by atoms with E-state index in [-0.39, 0.29) is 18.6 Å². The average molecular weight is 320 g/mol. The number of aliphatic hydroxyl groups is 1. The van der Waals surface area contributed by atoms with Crippen molar-refractivity contribution in [1.82, 2.24) is 10.3 Å². The van der Waals surface area contributed by atoms with Gasteiger partial charge in [0.1, 0.15) is 0 Å². The van der Waals surface area contributed by atoms with Crippen LogP contribution in [-0.4, -0.2) is 28.6 Å². The van der Waals surface area contributed by atoms with Crippen LogP contribution in [0, 0.1) is 3.57 Å². The number of amides is 1. The van der Waals surface area contributed by atoms with Crippen LogP contribution in [0.15, 0.2) is 18.5 Å². The SMILES string of the molecule is CCC(CO)NC(=O)c1cncc(I)c1. The molecule has 0 spiro atoms. The third-order valence-electron chi connectivity index (χ3n) is 2.02. The largest absolute Gasteiger partial charge is 0.394 e. The number of halogens is 1. The summed E-state index contributed by atoms with van der Waals surface area (Å²) in [6, 6.07) is 1.57. The molecular formula is C10H13IN2O2. The van der Waals surface area contributed by atoms with E-state index < -0.39 is 0 Å². The molecule has 1 aromatic rings. The molecule has 0 saturated heterocycles. The van der Waals surface area contributed by atoms with Gasteiger partial charge in [-0.25, -0.2) is 0 Å². The number of carbonyl (C=O) groups excluding carboxylic acids is 1. The number of nitrogens with zero attached hydrogens (tertiary/aromatic N) is 1. The number of carbonyl (C=O) groups is 1. The summed E-state index contributed by atoms with van der Waals surface area (Å²) < 4.78 is 0.914. The Bertz CT molecular complexity index is 340. The molecule has 1 atom stereocenters. The van der Waals surface area contributed by atoms with Gasteiger partial charge in [0, 0.05) is 16.0 Å². The lowest BCUT2D eigenvalue weighted by atomic mass is 10.2. The summed E-state index contributed by atoms with van der Waals surface area (Å²) >= 11 is 2.10. The maximum Gasteiger partial charge on any atom is 0.253 e. The highest BCUT2D eigenvalue weighted by atomic mass is 127. The zero-order chi connectivity index (χ0) is 11.3. The van der Waals surface area contributed by atoms with Gasteiger partial charge in [0.05, 0.1) is 18.2 Å². The van der Waals surface area contributed by atoms with Gasteiger partial charge in [0.25, 0.3) is 5.91 Å². The van der Waals surface area contributed by atoms with Crippen LogP contribution < -0.4 is 5.32 Å². The molecule has 82 valence electrons. The Morgan fingerprint density at radius 1 is 1.67 bits per heavy atom. The molecule has 2 N–H and O–H groups in total. The Balaban J connectivity index is 2.68. The second-order valence-corrected chi connectivity index (χ2v) is 4.40. The van der Waals surface area contributed by atoms with Crippen molar-refractivity contribution in [3.8, 4) is 0 Å². The Labute approximate surface area is 102 Å².